The highest BCUT2D eigenvalue weighted by molar-refractivity contribution is 5.77. The molecule has 2 aromatic carbocycles. The standard InChI is InChI=1S/C28H32F7N3O2/c1-5-6-25(39)36-22-9-10-38(24(15-22)23-8-7-21(29)11-16(23)2)26(40)37(4)17(3)18-12-19(27(30,31)32)14-20(13-18)28(33,34)35/h7-8,11-14,17,22,24H,5-6,9-10,15H2,1-4H3,(H,36,39)/t17-,22-,24+/m0/s1. The molecule has 1 aliphatic rings. The zero-order valence-corrected chi connectivity index (χ0v) is 22.6. The van der Waals surface area contributed by atoms with E-state index in [0.29, 0.717) is 48.9 Å². The van der Waals surface area contributed by atoms with Gasteiger partial charge < -0.3 is 15.1 Å². The van der Waals surface area contributed by atoms with Crippen molar-refractivity contribution in [3.8, 4) is 0 Å². The van der Waals surface area contributed by atoms with Gasteiger partial charge in [0.25, 0.3) is 0 Å². The van der Waals surface area contributed by atoms with Crippen molar-refractivity contribution in [1.29, 1.82) is 0 Å². The number of benzene rings is 2. The Balaban J connectivity index is 1.95. The fourth-order valence-electron chi connectivity index (χ4n) is 4.97. The number of carbonyl (C=O) groups is 2. The summed E-state index contributed by atoms with van der Waals surface area (Å²) in [7, 11) is 1.31. The Morgan fingerprint density at radius 2 is 1.65 bits per heavy atom. The Bertz CT molecular complexity index is 1200. The van der Waals surface area contributed by atoms with Crippen LogP contribution < -0.4 is 5.32 Å². The average molecular weight is 576 g/mol. The molecule has 0 spiro atoms. The summed E-state index contributed by atoms with van der Waals surface area (Å²) in [5, 5.41) is 2.95. The number of carbonyl (C=O) groups excluding carboxylic acids is 2. The summed E-state index contributed by atoms with van der Waals surface area (Å²) in [6.07, 6.45) is -8.37. The summed E-state index contributed by atoms with van der Waals surface area (Å²) in [5.41, 5.74) is -2.06. The van der Waals surface area contributed by atoms with Crippen LogP contribution in [0.1, 0.15) is 79.4 Å². The van der Waals surface area contributed by atoms with Crippen LogP contribution in [0.5, 0.6) is 0 Å². The van der Waals surface area contributed by atoms with E-state index in [-0.39, 0.29) is 30.1 Å². The molecule has 0 unspecified atom stereocenters. The Kier molecular flexibility index (Phi) is 9.41. The molecule has 3 atom stereocenters. The van der Waals surface area contributed by atoms with Crippen molar-refractivity contribution in [2.24, 2.45) is 0 Å². The van der Waals surface area contributed by atoms with Gasteiger partial charge in [-0.2, -0.15) is 26.3 Å². The number of halogens is 7. The van der Waals surface area contributed by atoms with E-state index in [1.165, 1.54) is 37.1 Å². The van der Waals surface area contributed by atoms with Gasteiger partial charge in [0.05, 0.1) is 23.2 Å². The van der Waals surface area contributed by atoms with Crippen LogP contribution in [-0.4, -0.2) is 41.4 Å². The highest BCUT2D eigenvalue weighted by atomic mass is 19.4. The van der Waals surface area contributed by atoms with Gasteiger partial charge >= 0.3 is 18.4 Å². The van der Waals surface area contributed by atoms with Crippen molar-refractivity contribution < 1.29 is 40.3 Å². The van der Waals surface area contributed by atoms with E-state index in [2.05, 4.69) is 5.32 Å². The highest BCUT2D eigenvalue weighted by Crippen LogP contribution is 2.39. The molecule has 220 valence electrons. The van der Waals surface area contributed by atoms with Gasteiger partial charge in [0, 0.05) is 26.1 Å². The Hall–Kier alpha value is -3.31. The number of urea groups is 1. The van der Waals surface area contributed by atoms with E-state index in [1.807, 2.05) is 6.92 Å². The molecule has 1 heterocycles. The van der Waals surface area contributed by atoms with Gasteiger partial charge in [-0.1, -0.05) is 13.0 Å². The number of rotatable bonds is 6. The van der Waals surface area contributed by atoms with Crippen LogP contribution in [0.2, 0.25) is 0 Å². The molecule has 5 nitrogen and oxygen atoms in total. The van der Waals surface area contributed by atoms with E-state index in [0.717, 1.165) is 4.90 Å². The van der Waals surface area contributed by atoms with Crippen molar-refractivity contribution in [2.45, 2.75) is 76.9 Å². The summed E-state index contributed by atoms with van der Waals surface area (Å²) in [6.45, 7) is 5.05. The van der Waals surface area contributed by atoms with Crippen LogP contribution in [0.3, 0.4) is 0 Å². The molecule has 0 aromatic heterocycles. The van der Waals surface area contributed by atoms with Gasteiger partial charge in [0.15, 0.2) is 0 Å². The monoisotopic (exact) mass is 575 g/mol. The molecule has 1 fully saturated rings. The molecule has 3 amide bonds. The van der Waals surface area contributed by atoms with Gasteiger partial charge in [-0.3, -0.25) is 4.79 Å². The van der Waals surface area contributed by atoms with E-state index in [9.17, 15) is 40.3 Å². The number of amides is 3. The molecule has 1 saturated heterocycles. The van der Waals surface area contributed by atoms with Gasteiger partial charge in [-0.15, -0.1) is 0 Å². The summed E-state index contributed by atoms with van der Waals surface area (Å²) in [4.78, 5) is 28.5. The first kappa shape index (κ1) is 31.2. The Morgan fingerprint density at radius 3 is 2.17 bits per heavy atom. The molecule has 0 radical (unpaired) electrons. The third-order valence-electron chi connectivity index (χ3n) is 7.26. The fourth-order valence-corrected chi connectivity index (χ4v) is 4.97. The summed E-state index contributed by atoms with van der Waals surface area (Å²) < 4.78 is 94.4. The van der Waals surface area contributed by atoms with Crippen molar-refractivity contribution in [1.82, 2.24) is 15.1 Å². The third-order valence-corrected chi connectivity index (χ3v) is 7.26. The van der Waals surface area contributed by atoms with Crippen LogP contribution >= 0.6 is 0 Å². The number of hydrogen-bond donors (Lipinski definition) is 1. The maximum atomic E-state index is 13.9. The molecule has 1 N–H and O–H groups in total. The maximum absolute atomic E-state index is 13.9. The summed E-state index contributed by atoms with van der Waals surface area (Å²) >= 11 is 0. The normalized spacial score (nSPS) is 18.8. The summed E-state index contributed by atoms with van der Waals surface area (Å²) in [6, 6.07) is 2.71. The first-order chi connectivity index (χ1) is 18.5. The van der Waals surface area contributed by atoms with Gasteiger partial charge in [-0.05, 0) is 80.1 Å². The Labute approximate surface area is 228 Å². The smallest absolute Gasteiger partial charge is 0.353 e. The average Bonchev–Trinajstić information content (AvgIpc) is 2.86. The lowest BCUT2D eigenvalue weighted by atomic mass is 9.89. The molecule has 0 saturated carbocycles. The van der Waals surface area contributed by atoms with Crippen LogP contribution in [-0.2, 0) is 17.1 Å². The summed E-state index contributed by atoms with van der Waals surface area (Å²) in [5.74, 6) is -0.615. The molecular weight excluding hydrogens is 543 g/mol. The number of nitrogens with zero attached hydrogens (tertiary/aromatic N) is 2. The molecule has 1 aliphatic heterocycles. The fraction of sp³-hybridized carbons (Fsp3) is 0.500. The predicted octanol–water partition coefficient (Wildman–Crippen LogP) is 7.41. The molecule has 0 aliphatic carbocycles. The van der Waals surface area contributed by atoms with Gasteiger partial charge in [-0.25, -0.2) is 9.18 Å². The zero-order valence-electron chi connectivity index (χ0n) is 22.6. The quantitative estimate of drug-likeness (QED) is 0.365. The van der Waals surface area contributed by atoms with Crippen molar-refractivity contribution in [3.05, 3.63) is 70.0 Å². The topological polar surface area (TPSA) is 52.7 Å². The van der Waals surface area contributed by atoms with E-state index in [1.54, 1.807) is 6.92 Å². The number of alkyl halides is 6. The second kappa shape index (κ2) is 12.1. The van der Waals surface area contributed by atoms with Gasteiger partial charge in [0.2, 0.25) is 5.91 Å². The van der Waals surface area contributed by atoms with Crippen molar-refractivity contribution in [2.75, 3.05) is 13.6 Å². The lowest BCUT2D eigenvalue weighted by Gasteiger charge is -2.43. The second-order valence-corrected chi connectivity index (χ2v) is 10.2. The first-order valence-corrected chi connectivity index (χ1v) is 12.9. The predicted molar refractivity (Wildman–Crippen MR) is 135 cm³/mol. The number of aryl methyl sites for hydroxylation is 1. The molecule has 40 heavy (non-hydrogen) atoms. The largest absolute Gasteiger partial charge is 0.416 e. The lowest BCUT2D eigenvalue weighted by molar-refractivity contribution is -0.143. The molecule has 2 aromatic rings. The van der Waals surface area contributed by atoms with Crippen LogP contribution in [0.25, 0.3) is 0 Å². The SMILES string of the molecule is CCCC(=O)N[C@H]1CCN(C(=O)N(C)[C@@H](C)c2cc(C(F)(F)F)cc(C(F)(F)F)c2)[C@@H](c2ccc(F)cc2C)C1. The van der Waals surface area contributed by atoms with Crippen LogP contribution in [0, 0.1) is 12.7 Å². The van der Waals surface area contributed by atoms with Crippen LogP contribution in [0.15, 0.2) is 36.4 Å². The molecule has 3 rings (SSSR count). The minimum absolute atomic E-state index is 0.0446. The number of likely N-dealkylation sites (tertiary alicyclic amines) is 1. The minimum Gasteiger partial charge on any atom is -0.353 e. The molecule has 0 bridgehead atoms. The Morgan fingerprint density at radius 1 is 1.05 bits per heavy atom. The highest BCUT2D eigenvalue weighted by Gasteiger charge is 2.39. The lowest BCUT2D eigenvalue weighted by Crippen LogP contribution is -2.51. The van der Waals surface area contributed by atoms with Crippen molar-refractivity contribution >= 4 is 11.9 Å². The zero-order chi connectivity index (χ0) is 30.0. The van der Waals surface area contributed by atoms with E-state index < -0.39 is 47.4 Å². The third kappa shape index (κ3) is 7.25. The van der Waals surface area contributed by atoms with E-state index in [4.69, 9.17) is 0 Å². The van der Waals surface area contributed by atoms with E-state index >= 15 is 0 Å². The van der Waals surface area contributed by atoms with Crippen LogP contribution in [0.4, 0.5) is 35.5 Å². The first-order valence-electron chi connectivity index (χ1n) is 12.9. The number of nitrogens with one attached hydrogen (secondary N) is 1. The maximum Gasteiger partial charge on any atom is 0.416 e. The number of piperidine rings is 1. The molecular formula is C28H32F7N3O2. The molecule has 12 heteroatoms. The second-order valence-electron chi connectivity index (χ2n) is 10.2. The number of hydrogen-bond acceptors (Lipinski definition) is 2. The van der Waals surface area contributed by atoms with Crippen molar-refractivity contribution in [3.63, 3.8) is 0 Å². The van der Waals surface area contributed by atoms with Gasteiger partial charge in [0.1, 0.15) is 5.82 Å². The minimum atomic E-state index is -5.02.